The second-order valence-electron chi connectivity index (χ2n) is 2.93. The average Bonchev–Trinajstić information content (AvgIpc) is 2.07. The molecular weight excluding hydrogens is 293 g/mol. The van der Waals surface area contributed by atoms with Gasteiger partial charge in [0.2, 0.25) is 5.91 Å². The van der Waals surface area contributed by atoms with Gasteiger partial charge in [-0.25, -0.2) is 0 Å². The number of amides is 1. The molecule has 0 unspecified atom stereocenters. The van der Waals surface area contributed by atoms with Gasteiger partial charge >= 0.3 is 0 Å². The fraction of sp³-hybridized carbons (Fsp3) is 0.200. The summed E-state index contributed by atoms with van der Waals surface area (Å²) in [6.07, 6.45) is 0. The number of Topliss-reactive ketones (excluding diaryl/α,β-unsaturated/α-hetero) is 1. The monoisotopic (exact) mass is 303 g/mol. The summed E-state index contributed by atoms with van der Waals surface area (Å²) in [6.45, 7) is 2.97. The molecule has 1 aromatic carbocycles. The maximum absolute atomic E-state index is 11.0. The van der Waals surface area contributed by atoms with E-state index >= 15 is 0 Å². The van der Waals surface area contributed by atoms with Crippen molar-refractivity contribution < 1.29 is 9.59 Å². The molecule has 1 N–H and O–H groups in total. The molecule has 1 rings (SSSR count). The molecule has 3 nitrogen and oxygen atoms in total. The van der Waals surface area contributed by atoms with Gasteiger partial charge in [-0.2, -0.15) is 0 Å². The Balaban J connectivity index is 3.01. The molecule has 14 heavy (non-hydrogen) atoms. The Hall–Kier alpha value is -0.910. The van der Waals surface area contributed by atoms with Crippen molar-refractivity contribution in [3.8, 4) is 0 Å². The number of carbonyl (C=O) groups excluding carboxylic acids is 2. The van der Waals surface area contributed by atoms with Crippen molar-refractivity contribution in [1.82, 2.24) is 0 Å². The number of benzene rings is 1. The zero-order valence-electron chi connectivity index (χ0n) is 7.93. The average molecular weight is 303 g/mol. The van der Waals surface area contributed by atoms with E-state index < -0.39 is 0 Å². The van der Waals surface area contributed by atoms with Crippen LogP contribution in [-0.2, 0) is 4.79 Å². The Bertz CT molecular complexity index is 388. The summed E-state index contributed by atoms with van der Waals surface area (Å²) < 4.78 is 0.866. The van der Waals surface area contributed by atoms with Crippen LogP contribution < -0.4 is 5.32 Å². The molecule has 0 fully saturated rings. The summed E-state index contributed by atoms with van der Waals surface area (Å²) in [6, 6.07) is 5.20. The Morgan fingerprint density at radius 2 is 1.93 bits per heavy atom. The van der Waals surface area contributed by atoms with E-state index in [9.17, 15) is 9.59 Å². The summed E-state index contributed by atoms with van der Waals surface area (Å²) >= 11 is 2.09. The first-order chi connectivity index (χ1) is 6.50. The Morgan fingerprint density at radius 3 is 2.36 bits per heavy atom. The highest BCUT2D eigenvalue weighted by Gasteiger charge is 2.05. The third-order valence-electron chi connectivity index (χ3n) is 1.69. The van der Waals surface area contributed by atoms with Crippen LogP contribution in [0.3, 0.4) is 0 Å². The van der Waals surface area contributed by atoms with Gasteiger partial charge in [0.15, 0.2) is 5.78 Å². The molecule has 0 heterocycles. The number of hydrogen-bond acceptors (Lipinski definition) is 2. The van der Waals surface area contributed by atoms with Crippen molar-refractivity contribution >= 4 is 40.0 Å². The first-order valence-electron chi connectivity index (χ1n) is 4.09. The minimum atomic E-state index is -0.113. The SMILES string of the molecule is CC(=O)Nc1ccc(C(C)=O)cc1I. The second-order valence-corrected chi connectivity index (χ2v) is 4.09. The highest BCUT2D eigenvalue weighted by Crippen LogP contribution is 2.19. The third kappa shape index (κ3) is 2.80. The van der Waals surface area contributed by atoms with E-state index in [1.807, 2.05) is 0 Å². The number of hydrogen-bond donors (Lipinski definition) is 1. The molecule has 0 aliphatic rings. The third-order valence-corrected chi connectivity index (χ3v) is 2.58. The van der Waals surface area contributed by atoms with Gasteiger partial charge in [0.05, 0.1) is 5.69 Å². The lowest BCUT2D eigenvalue weighted by Gasteiger charge is -2.05. The van der Waals surface area contributed by atoms with Gasteiger partial charge in [-0.3, -0.25) is 9.59 Å². The minimum Gasteiger partial charge on any atom is -0.325 e. The molecule has 0 atom stereocenters. The number of ketones is 1. The highest BCUT2D eigenvalue weighted by molar-refractivity contribution is 14.1. The second kappa shape index (κ2) is 4.54. The predicted molar refractivity (Wildman–Crippen MR) is 63.5 cm³/mol. The topological polar surface area (TPSA) is 46.2 Å². The highest BCUT2D eigenvalue weighted by atomic mass is 127. The van der Waals surface area contributed by atoms with E-state index in [0.717, 1.165) is 9.26 Å². The van der Waals surface area contributed by atoms with Gasteiger partial charge in [-0.1, -0.05) is 0 Å². The van der Waals surface area contributed by atoms with Crippen LogP contribution in [-0.4, -0.2) is 11.7 Å². The predicted octanol–water partition coefficient (Wildman–Crippen LogP) is 2.45. The van der Waals surface area contributed by atoms with Crippen molar-refractivity contribution in [2.75, 3.05) is 5.32 Å². The van der Waals surface area contributed by atoms with Crippen LogP contribution in [0.15, 0.2) is 18.2 Å². The zero-order valence-corrected chi connectivity index (χ0v) is 10.1. The van der Waals surface area contributed by atoms with Gasteiger partial charge in [0.25, 0.3) is 0 Å². The van der Waals surface area contributed by atoms with E-state index in [0.29, 0.717) is 5.56 Å². The first-order valence-corrected chi connectivity index (χ1v) is 5.16. The van der Waals surface area contributed by atoms with Crippen LogP contribution >= 0.6 is 22.6 Å². The van der Waals surface area contributed by atoms with Crippen molar-refractivity contribution in [2.24, 2.45) is 0 Å². The molecule has 0 saturated carbocycles. The van der Waals surface area contributed by atoms with E-state index in [-0.39, 0.29) is 11.7 Å². The molecule has 0 radical (unpaired) electrons. The summed E-state index contributed by atoms with van der Waals surface area (Å²) in [5.41, 5.74) is 1.40. The Kier molecular flexibility index (Phi) is 3.62. The van der Waals surface area contributed by atoms with Gasteiger partial charge in [0, 0.05) is 16.1 Å². The van der Waals surface area contributed by atoms with E-state index in [1.165, 1.54) is 13.8 Å². The number of carbonyl (C=O) groups is 2. The van der Waals surface area contributed by atoms with Gasteiger partial charge < -0.3 is 5.32 Å². The normalized spacial score (nSPS) is 9.64. The maximum atomic E-state index is 11.0. The van der Waals surface area contributed by atoms with Crippen LogP contribution in [0.2, 0.25) is 0 Å². The van der Waals surface area contributed by atoms with Gasteiger partial charge in [0.1, 0.15) is 0 Å². The lowest BCUT2D eigenvalue weighted by molar-refractivity contribution is -0.114. The van der Waals surface area contributed by atoms with Crippen LogP contribution in [0.5, 0.6) is 0 Å². The van der Waals surface area contributed by atoms with Gasteiger partial charge in [-0.15, -0.1) is 0 Å². The van der Waals surface area contributed by atoms with E-state index in [2.05, 4.69) is 27.9 Å². The molecule has 0 aliphatic heterocycles. The van der Waals surface area contributed by atoms with Gasteiger partial charge in [-0.05, 0) is 47.7 Å². The quantitative estimate of drug-likeness (QED) is 0.674. The molecule has 0 saturated heterocycles. The summed E-state index contributed by atoms with van der Waals surface area (Å²) in [7, 11) is 0. The number of anilines is 1. The standard InChI is InChI=1S/C10H10INO2/c1-6(13)8-3-4-10(9(11)5-8)12-7(2)14/h3-5H,1-2H3,(H,12,14). The molecule has 0 aliphatic carbocycles. The number of rotatable bonds is 2. The first kappa shape index (κ1) is 11.2. The number of halogens is 1. The molecule has 0 bridgehead atoms. The fourth-order valence-electron chi connectivity index (χ4n) is 1.03. The molecule has 1 aromatic rings. The molecule has 74 valence electrons. The van der Waals surface area contributed by atoms with Crippen LogP contribution in [0.1, 0.15) is 24.2 Å². The zero-order chi connectivity index (χ0) is 10.7. The van der Waals surface area contributed by atoms with Crippen molar-refractivity contribution in [3.05, 3.63) is 27.3 Å². The number of nitrogens with one attached hydrogen (secondary N) is 1. The largest absolute Gasteiger partial charge is 0.325 e. The molecular formula is C10H10INO2. The van der Waals surface area contributed by atoms with Crippen LogP contribution in [0.4, 0.5) is 5.69 Å². The molecule has 0 aromatic heterocycles. The van der Waals surface area contributed by atoms with E-state index in [4.69, 9.17) is 0 Å². The van der Waals surface area contributed by atoms with E-state index in [1.54, 1.807) is 18.2 Å². The van der Waals surface area contributed by atoms with Crippen LogP contribution in [0, 0.1) is 3.57 Å². The van der Waals surface area contributed by atoms with Crippen molar-refractivity contribution in [1.29, 1.82) is 0 Å². The van der Waals surface area contributed by atoms with Crippen LogP contribution in [0.25, 0.3) is 0 Å². The summed E-state index contributed by atoms with van der Waals surface area (Å²) in [4.78, 5) is 21.8. The minimum absolute atomic E-state index is 0.0253. The Morgan fingerprint density at radius 1 is 1.29 bits per heavy atom. The summed E-state index contributed by atoms with van der Waals surface area (Å²) in [5, 5.41) is 2.68. The molecule has 4 heteroatoms. The lowest BCUT2D eigenvalue weighted by Crippen LogP contribution is -2.07. The molecule has 1 amide bonds. The fourth-order valence-corrected chi connectivity index (χ4v) is 1.68. The smallest absolute Gasteiger partial charge is 0.221 e. The lowest BCUT2D eigenvalue weighted by atomic mass is 10.1. The molecule has 0 spiro atoms. The summed E-state index contributed by atoms with van der Waals surface area (Å²) in [5.74, 6) is -0.0872. The maximum Gasteiger partial charge on any atom is 0.221 e. The van der Waals surface area contributed by atoms with Crippen molar-refractivity contribution in [2.45, 2.75) is 13.8 Å². The van der Waals surface area contributed by atoms with Crippen molar-refractivity contribution in [3.63, 3.8) is 0 Å². The Labute approximate surface area is 96.0 Å².